The van der Waals surface area contributed by atoms with Crippen LogP contribution in [0.5, 0.6) is 0 Å². The normalized spacial score (nSPS) is 16.2. The van der Waals surface area contributed by atoms with E-state index in [9.17, 15) is 24.0 Å². The minimum atomic E-state index is -0.863. The Morgan fingerprint density at radius 1 is 1.09 bits per heavy atom. The SMILES string of the molecule is CC[C@H](C)[C@H](NC(=O)[C@H](CCSC)NC(=O)OC(C)(C)C)C(=O)NCCN1C(=O)C=CC1=O. The topological polar surface area (TPSA) is 134 Å². The summed E-state index contributed by atoms with van der Waals surface area (Å²) in [5.74, 6) is -1.32. The lowest BCUT2D eigenvalue weighted by Gasteiger charge is -2.27. The first kappa shape index (κ1) is 28.5. The molecule has 0 aromatic rings. The molecule has 0 aliphatic carbocycles. The van der Waals surface area contributed by atoms with E-state index in [2.05, 4.69) is 16.0 Å². The van der Waals surface area contributed by atoms with Gasteiger partial charge in [-0.2, -0.15) is 11.8 Å². The summed E-state index contributed by atoms with van der Waals surface area (Å²) in [5.41, 5.74) is -0.711. The van der Waals surface area contributed by atoms with Crippen molar-refractivity contribution in [1.29, 1.82) is 0 Å². The number of amides is 5. The molecule has 1 heterocycles. The van der Waals surface area contributed by atoms with Crippen LogP contribution in [0.3, 0.4) is 0 Å². The van der Waals surface area contributed by atoms with Crippen molar-refractivity contribution < 1.29 is 28.7 Å². The molecule has 10 nitrogen and oxygen atoms in total. The number of hydrogen-bond acceptors (Lipinski definition) is 7. The van der Waals surface area contributed by atoms with Gasteiger partial charge in [0.25, 0.3) is 11.8 Å². The minimum absolute atomic E-state index is 0.0358. The van der Waals surface area contributed by atoms with Gasteiger partial charge >= 0.3 is 6.09 Å². The number of carbonyl (C=O) groups is 5. The molecule has 3 atom stereocenters. The third-order valence-electron chi connectivity index (χ3n) is 4.95. The standard InChI is InChI=1S/C22H36N4O6S/c1-7-14(2)18(20(30)23-11-12-26-16(27)8-9-17(26)28)25-19(29)15(10-13-33-6)24-21(31)32-22(3,4)5/h8-9,14-15,18H,7,10-13H2,1-6H3,(H,23,30)(H,24,31)(H,25,29)/t14-,15-,18-/m0/s1. The number of imide groups is 1. The fourth-order valence-corrected chi connectivity index (χ4v) is 3.43. The lowest BCUT2D eigenvalue weighted by molar-refractivity contribution is -0.137. The predicted octanol–water partition coefficient (Wildman–Crippen LogP) is 1.20. The second-order valence-corrected chi connectivity index (χ2v) is 9.79. The molecule has 0 aromatic carbocycles. The van der Waals surface area contributed by atoms with Crippen LogP contribution in [0.15, 0.2) is 12.2 Å². The van der Waals surface area contributed by atoms with E-state index in [1.165, 1.54) is 23.9 Å². The second-order valence-electron chi connectivity index (χ2n) is 8.80. The van der Waals surface area contributed by atoms with Crippen molar-refractivity contribution in [3.63, 3.8) is 0 Å². The molecule has 0 radical (unpaired) electrons. The molecule has 11 heteroatoms. The van der Waals surface area contributed by atoms with Gasteiger partial charge in [-0.05, 0) is 45.1 Å². The average Bonchev–Trinajstić information content (AvgIpc) is 3.04. The van der Waals surface area contributed by atoms with Crippen molar-refractivity contribution in [2.24, 2.45) is 5.92 Å². The number of rotatable bonds is 12. The van der Waals surface area contributed by atoms with Gasteiger partial charge in [0.15, 0.2) is 0 Å². The highest BCUT2D eigenvalue weighted by molar-refractivity contribution is 7.98. The van der Waals surface area contributed by atoms with Crippen LogP contribution in [0, 0.1) is 5.92 Å². The summed E-state index contributed by atoms with van der Waals surface area (Å²) in [5, 5.41) is 8.02. The van der Waals surface area contributed by atoms with E-state index in [-0.39, 0.29) is 19.0 Å². The molecule has 0 aromatic heterocycles. The first-order valence-electron chi connectivity index (χ1n) is 11.0. The van der Waals surface area contributed by atoms with Crippen LogP contribution >= 0.6 is 11.8 Å². The zero-order valence-electron chi connectivity index (χ0n) is 20.2. The van der Waals surface area contributed by atoms with E-state index in [1.807, 2.05) is 20.1 Å². The number of ether oxygens (including phenoxy) is 1. The van der Waals surface area contributed by atoms with Gasteiger partial charge in [0.2, 0.25) is 11.8 Å². The second kappa shape index (κ2) is 13.2. The Morgan fingerprint density at radius 3 is 2.21 bits per heavy atom. The van der Waals surface area contributed by atoms with Gasteiger partial charge in [0, 0.05) is 25.2 Å². The Balaban J connectivity index is 2.78. The van der Waals surface area contributed by atoms with Gasteiger partial charge in [0.1, 0.15) is 17.7 Å². The first-order valence-corrected chi connectivity index (χ1v) is 12.4. The van der Waals surface area contributed by atoms with Crippen LogP contribution in [-0.2, 0) is 23.9 Å². The van der Waals surface area contributed by atoms with Gasteiger partial charge in [-0.1, -0.05) is 20.3 Å². The molecule has 0 fully saturated rings. The van der Waals surface area contributed by atoms with E-state index in [0.717, 1.165) is 4.90 Å². The van der Waals surface area contributed by atoms with Gasteiger partial charge < -0.3 is 20.7 Å². The highest BCUT2D eigenvalue weighted by Gasteiger charge is 2.31. The van der Waals surface area contributed by atoms with Crippen LogP contribution in [0.2, 0.25) is 0 Å². The molecule has 33 heavy (non-hydrogen) atoms. The quantitative estimate of drug-likeness (QED) is 0.355. The van der Waals surface area contributed by atoms with E-state index >= 15 is 0 Å². The molecular formula is C22H36N4O6S. The summed E-state index contributed by atoms with van der Waals surface area (Å²) in [6.07, 6.45) is 4.54. The fraction of sp³-hybridized carbons (Fsp3) is 0.682. The molecule has 0 spiro atoms. The highest BCUT2D eigenvalue weighted by Crippen LogP contribution is 2.11. The van der Waals surface area contributed by atoms with Crippen molar-refractivity contribution in [3.05, 3.63) is 12.2 Å². The number of carbonyl (C=O) groups excluding carboxylic acids is 5. The van der Waals surface area contributed by atoms with Crippen LogP contribution in [-0.4, -0.2) is 77.4 Å². The lowest BCUT2D eigenvalue weighted by Crippen LogP contribution is -2.56. The molecule has 1 aliphatic rings. The van der Waals surface area contributed by atoms with Crippen molar-refractivity contribution >= 4 is 41.5 Å². The van der Waals surface area contributed by atoms with Crippen LogP contribution in [0.4, 0.5) is 4.79 Å². The molecule has 0 bridgehead atoms. The number of nitrogens with one attached hydrogen (secondary N) is 3. The maximum atomic E-state index is 13.0. The maximum absolute atomic E-state index is 13.0. The molecule has 3 N–H and O–H groups in total. The van der Waals surface area contributed by atoms with Crippen LogP contribution in [0.1, 0.15) is 47.5 Å². The first-order chi connectivity index (χ1) is 15.4. The van der Waals surface area contributed by atoms with Crippen molar-refractivity contribution in [1.82, 2.24) is 20.9 Å². The monoisotopic (exact) mass is 484 g/mol. The Kier molecular flexibility index (Phi) is 11.4. The summed E-state index contributed by atoms with van der Waals surface area (Å²) in [7, 11) is 0. The van der Waals surface area contributed by atoms with Gasteiger partial charge in [-0.3, -0.25) is 24.1 Å². The van der Waals surface area contributed by atoms with E-state index in [0.29, 0.717) is 18.6 Å². The zero-order valence-corrected chi connectivity index (χ0v) is 21.0. The van der Waals surface area contributed by atoms with Crippen LogP contribution in [0.25, 0.3) is 0 Å². The third-order valence-corrected chi connectivity index (χ3v) is 5.59. The molecule has 0 saturated heterocycles. The summed E-state index contributed by atoms with van der Waals surface area (Å²) < 4.78 is 5.26. The summed E-state index contributed by atoms with van der Waals surface area (Å²) in [6.45, 7) is 9.01. The number of hydrogen-bond donors (Lipinski definition) is 3. The van der Waals surface area contributed by atoms with Crippen LogP contribution < -0.4 is 16.0 Å². The largest absolute Gasteiger partial charge is 0.444 e. The van der Waals surface area contributed by atoms with Crippen molar-refractivity contribution in [2.45, 2.75) is 65.1 Å². The average molecular weight is 485 g/mol. The Morgan fingerprint density at radius 2 is 1.70 bits per heavy atom. The molecule has 0 saturated carbocycles. The van der Waals surface area contributed by atoms with Crippen molar-refractivity contribution in [2.75, 3.05) is 25.1 Å². The number of thioether (sulfide) groups is 1. The molecule has 1 rings (SSSR count). The lowest BCUT2D eigenvalue weighted by atomic mass is 9.97. The summed E-state index contributed by atoms with van der Waals surface area (Å²) in [6, 6.07) is -1.71. The predicted molar refractivity (Wildman–Crippen MR) is 126 cm³/mol. The Labute approximate surface area is 199 Å². The van der Waals surface area contributed by atoms with E-state index < -0.39 is 47.4 Å². The van der Waals surface area contributed by atoms with Gasteiger partial charge in [0.05, 0.1) is 0 Å². The smallest absolute Gasteiger partial charge is 0.408 e. The molecule has 0 unspecified atom stereocenters. The van der Waals surface area contributed by atoms with Crippen molar-refractivity contribution in [3.8, 4) is 0 Å². The minimum Gasteiger partial charge on any atom is -0.444 e. The van der Waals surface area contributed by atoms with E-state index in [1.54, 1.807) is 20.8 Å². The number of alkyl carbamates (subject to hydrolysis) is 1. The fourth-order valence-electron chi connectivity index (χ4n) is 2.96. The number of nitrogens with zero attached hydrogens (tertiary/aromatic N) is 1. The van der Waals surface area contributed by atoms with E-state index in [4.69, 9.17) is 4.74 Å². The molecule has 186 valence electrons. The van der Waals surface area contributed by atoms with Gasteiger partial charge in [-0.25, -0.2) is 4.79 Å². The van der Waals surface area contributed by atoms with Gasteiger partial charge in [-0.15, -0.1) is 0 Å². The Hall–Kier alpha value is -2.56. The molecule has 1 aliphatic heterocycles. The summed E-state index contributed by atoms with van der Waals surface area (Å²) >= 11 is 1.53. The molecule has 5 amide bonds. The summed E-state index contributed by atoms with van der Waals surface area (Å²) in [4.78, 5) is 62.3. The Bertz CT molecular complexity index is 746. The highest BCUT2D eigenvalue weighted by atomic mass is 32.2. The maximum Gasteiger partial charge on any atom is 0.408 e. The molecular weight excluding hydrogens is 448 g/mol. The zero-order chi connectivity index (χ0) is 25.2. The third kappa shape index (κ3) is 9.85.